The van der Waals surface area contributed by atoms with Gasteiger partial charge in [-0.3, -0.25) is 9.59 Å². The van der Waals surface area contributed by atoms with E-state index in [0.29, 0.717) is 6.42 Å². The minimum Gasteiger partial charge on any atom is -0.291 e. The molecule has 1 fully saturated rings. The third-order valence-corrected chi connectivity index (χ3v) is 2.46. The molecule has 0 aromatic rings. The fourth-order valence-electron chi connectivity index (χ4n) is 1.25. The third kappa shape index (κ3) is 0.877. The minimum absolute atomic E-state index is 0.0833. The lowest BCUT2D eigenvalue weighted by molar-refractivity contribution is -0.135. The second-order valence-electron chi connectivity index (χ2n) is 3.67. The van der Waals surface area contributed by atoms with Crippen molar-refractivity contribution in [2.45, 2.75) is 27.2 Å². The molecule has 0 saturated heterocycles. The van der Waals surface area contributed by atoms with Gasteiger partial charge in [0.15, 0.2) is 5.78 Å². The molecule has 56 valence electrons. The van der Waals surface area contributed by atoms with Crippen LogP contribution in [0.1, 0.15) is 27.2 Å². The normalized spacial score (nSPS) is 31.3. The van der Waals surface area contributed by atoms with Crippen molar-refractivity contribution in [2.75, 3.05) is 0 Å². The molecule has 0 spiro atoms. The molecule has 1 atom stereocenters. The monoisotopic (exact) mass is 140 g/mol. The number of carbonyl (C=O) groups is 2. The molecule has 0 radical (unpaired) electrons. The largest absolute Gasteiger partial charge is 0.291 e. The van der Waals surface area contributed by atoms with Crippen LogP contribution in [0.25, 0.3) is 0 Å². The van der Waals surface area contributed by atoms with Crippen molar-refractivity contribution in [3.8, 4) is 0 Å². The van der Waals surface area contributed by atoms with Crippen LogP contribution in [0, 0.1) is 11.3 Å². The summed E-state index contributed by atoms with van der Waals surface area (Å²) in [6.07, 6.45) is 0.424. The fourth-order valence-corrected chi connectivity index (χ4v) is 1.25. The second-order valence-corrected chi connectivity index (χ2v) is 3.67. The molecular weight excluding hydrogens is 128 g/mol. The van der Waals surface area contributed by atoms with Crippen molar-refractivity contribution in [3.05, 3.63) is 0 Å². The highest BCUT2D eigenvalue weighted by molar-refractivity contribution is 6.40. The molecule has 0 bridgehead atoms. The highest BCUT2D eigenvalue weighted by Crippen LogP contribution is 2.37. The summed E-state index contributed by atoms with van der Waals surface area (Å²) in [6.45, 7) is 5.74. The topological polar surface area (TPSA) is 34.1 Å². The van der Waals surface area contributed by atoms with Crippen LogP contribution in [-0.2, 0) is 9.59 Å². The van der Waals surface area contributed by atoms with Gasteiger partial charge >= 0.3 is 0 Å². The Hall–Kier alpha value is -0.660. The summed E-state index contributed by atoms with van der Waals surface area (Å²) < 4.78 is 0. The summed E-state index contributed by atoms with van der Waals surface area (Å²) in [4.78, 5) is 21.8. The van der Waals surface area contributed by atoms with E-state index in [9.17, 15) is 9.59 Å². The van der Waals surface area contributed by atoms with Crippen molar-refractivity contribution in [2.24, 2.45) is 11.3 Å². The zero-order valence-corrected chi connectivity index (χ0v) is 6.60. The summed E-state index contributed by atoms with van der Waals surface area (Å²) in [5, 5.41) is 0. The summed E-state index contributed by atoms with van der Waals surface area (Å²) in [5.74, 6) is -0.470. The van der Waals surface area contributed by atoms with E-state index in [2.05, 4.69) is 0 Å². The van der Waals surface area contributed by atoms with Gasteiger partial charge in [0.25, 0.3) is 0 Å². The van der Waals surface area contributed by atoms with Crippen LogP contribution in [0.3, 0.4) is 0 Å². The second kappa shape index (κ2) is 1.91. The lowest BCUT2D eigenvalue weighted by Gasteiger charge is -2.19. The van der Waals surface area contributed by atoms with Gasteiger partial charge in [0.05, 0.1) is 0 Å². The Bertz CT molecular complexity index is 191. The molecule has 1 aliphatic carbocycles. The van der Waals surface area contributed by atoms with Gasteiger partial charge in [-0.05, 0) is 5.41 Å². The van der Waals surface area contributed by atoms with Gasteiger partial charge in [0.1, 0.15) is 0 Å². The fraction of sp³-hybridized carbons (Fsp3) is 0.750. The maximum atomic E-state index is 11.0. The number of hydrogen-bond acceptors (Lipinski definition) is 2. The summed E-state index contributed by atoms with van der Waals surface area (Å²) in [7, 11) is 0. The van der Waals surface area contributed by atoms with Gasteiger partial charge < -0.3 is 0 Å². The van der Waals surface area contributed by atoms with Crippen LogP contribution < -0.4 is 0 Å². The molecule has 1 rings (SSSR count). The Kier molecular flexibility index (Phi) is 1.42. The first-order valence-corrected chi connectivity index (χ1v) is 3.52. The first kappa shape index (κ1) is 7.45. The van der Waals surface area contributed by atoms with E-state index in [-0.39, 0.29) is 22.9 Å². The quantitative estimate of drug-likeness (QED) is 0.474. The van der Waals surface area contributed by atoms with Gasteiger partial charge in [-0.2, -0.15) is 0 Å². The molecule has 0 aromatic heterocycles. The Morgan fingerprint density at radius 1 is 1.40 bits per heavy atom. The molecular formula is C8H12O2. The standard InChI is InChI=1S/C8H12O2/c1-5-7(10)6(9)4-8(5,2)3/h5H,4H2,1-3H3. The number of Topliss-reactive ketones (excluding diaryl/α,β-unsaturated/α-hetero) is 2. The first-order valence-electron chi connectivity index (χ1n) is 3.52. The Balaban J connectivity index is 2.92. The minimum atomic E-state index is -0.197. The maximum Gasteiger partial charge on any atom is 0.201 e. The SMILES string of the molecule is CC1C(=O)C(=O)CC1(C)C. The molecule has 2 nitrogen and oxygen atoms in total. The van der Waals surface area contributed by atoms with E-state index in [4.69, 9.17) is 0 Å². The number of ketones is 2. The first-order chi connectivity index (χ1) is 4.45. The predicted octanol–water partition coefficient (Wildman–Crippen LogP) is 1.19. The van der Waals surface area contributed by atoms with Crippen LogP contribution in [0.4, 0.5) is 0 Å². The molecule has 0 amide bonds. The van der Waals surface area contributed by atoms with Gasteiger partial charge in [-0.15, -0.1) is 0 Å². The molecule has 1 unspecified atom stereocenters. The molecule has 0 N–H and O–H groups in total. The lowest BCUT2D eigenvalue weighted by Crippen LogP contribution is -2.18. The predicted molar refractivity (Wildman–Crippen MR) is 37.6 cm³/mol. The Morgan fingerprint density at radius 3 is 2.00 bits per heavy atom. The van der Waals surface area contributed by atoms with Crippen molar-refractivity contribution < 1.29 is 9.59 Å². The van der Waals surface area contributed by atoms with Crippen LogP contribution in [0.2, 0.25) is 0 Å². The Labute approximate surface area is 60.6 Å². The van der Waals surface area contributed by atoms with E-state index in [1.54, 1.807) is 0 Å². The van der Waals surface area contributed by atoms with Gasteiger partial charge in [0.2, 0.25) is 5.78 Å². The van der Waals surface area contributed by atoms with E-state index in [1.807, 2.05) is 20.8 Å². The maximum absolute atomic E-state index is 11.0. The van der Waals surface area contributed by atoms with Crippen LogP contribution >= 0.6 is 0 Å². The van der Waals surface area contributed by atoms with E-state index >= 15 is 0 Å². The molecule has 1 aliphatic rings. The van der Waals surface area contributed by atoms with Gasteiger partial charge in [-0.25, -0.2) is 0 Å². The zero-order valence-electron chi connectivity index (χ0n) is 6.60. The smallest absolute Gasteiger partial charge is 0.201 e. The average Bonchev–Trinajstić information content (AvgIpc) is 1.95. The van der Waals surface area contributed by atoms with E-state index < -0.39 is 0 Å². The van der Waals surface area contributed by atoms with E-state index in [1.165, 1.54) is 0 Å². The van der Waals surface area contributed by atoms with Crippen molar-refractivity contribution in [3.63, 3.8) is 0 Å². The molecule has 0 heterocycles. The Morgan fingerprint density at radius 2 is 1.90 bits per heavy atom. The van der Waals surface area contributed by atoms with E-state index in [0.717, 1.165) is 0 Å². The number of hydrogen-bond donors (Lipinski definition) is 0. The number of carbonyl (C=O) groups excluding carboxylic acids is 2. The zero-order chi connectivity index (χ0) is 7.94. The molecule has 2 heteroatoms. The molecule has 0 aromatic carbocycles. The highest BCUT2D eigenvalue weighted by Gasteiger charge is 2.43. The van der Waals surface area contributed by atoms with Crippen LogP contribution in [-0.4, -0.2) is 11.6 Å². The summed E-state index contributed by atoms with van der Waals surface area (Å²) in [5.41, 5.74) is -0.103. The van der Waals surface area contributed by atoms with Crippen molar-refractivity contribution >= 4 is 11.6 Å². The lowest BCUT2D eigenvalue weighted by atomic mass is 9.83. The van der Waals surface area contributed by atoms with Crippen LogP contribution in [0.15, 0.2) is 0 Å². The molecule has 1 saturated carbocycles. The van der Waals surface area contributed by atoms with Gasteiger partial charge in [0, 0.05) is 12.3 Å². The van der Waals surface area contributed by atoms with Gasteiger partial charge in [-0.1, -0.05) is 20.8 Å². The average molecular weight is 140 g/mol. The summed E-state index contributed by atoms with van der Waals surface area (Å²) in [6, 6.07) is 0. The van der Waals surface area contributed by atoms with Crippen molar-refractivity contribution in [1.29, 1.82) is 0 Å². The molecule has 10 heavy (non-hydrogen) atoms. The van der Waals surface area contributed by atoms with Crippen LogP contribution in [0.5, 0.6) is 0 Å². The summed E-state index contributed by atoms with van der Waals surface area (Å²) >= 11 is 0. The number of rotatable bonds is 0. The third-order valence-electron chi connectivity index (χ3n) is 2.46. The molecule has 0 aliphatic heterocycles. The highest BCUT2D eigenvalue weighted by atomic mass is 16.2. The van der Waals surface area contributed by atoms with Crippen molar-refractivity contribution in [1.82, 2.24) is 0 Å².